The Hall–Kier alpha value is -1.23. The Balaban J connectivity index is 0.00000576. The molecule has 3 N–H and O–H groups in total. The number of alkyl halides is 3. The van der Waals surface area contributed by atoms with E-state index in [0.29, 0.717) is 18.1 Å². The Bertz CT molecular complexity index is 545. The van der Waals surface area contributed by atoms with Gasteiger partial charge < -0.3 is 20.7 Å². The number of guanidine groups is 1. The molecule has 0 aliphatic heterocycles. The van der Waals surface area contributed by atoms with Gasteiger partial charge in [-0.25, -0.2) is 0 Å². The molecule has 1 rings (SSSR count). The fraction of sp³-hybridized carbons (Fsp3) is 0.562. The van der Waals surface area contributed by atoms with Crippen LogP contribution >= 0.6 is 24.0 Å². The normalized spacial score (nSPS) is 12.4. The zero-order valence-corrected chi connectivity index (χ0v) is 17.2. The van der Waals surface area contributed by atoms with Gasteiger partial charge in [-0.05, 0) is 26.8 Å². The van der Waals surface area contributed by atoms with Gasteiger partial charge in [0.1, 0.15) is 5.75 Å². The summed E-state index contributed by atoms with van der Waals surface area (Å²) in [5.74, 6) is 0.287. The van der Waals surface area contributed by atoms with Gasteiger partial charge in [-0.15, -0.1) is 37.1 Å². The monoisotopic (exact) mass is 474 g/mol. The standard InChI is InChI=1S/C16H25F3N4O.HI/c1-15(2,3)23-10-9-21-14(20-4)22-11-12-7-5-6-8-13(12)24-16(17,18)19;/h5-8,23H,9-11H2,1-4H3,(H2,20,21,22);1H. The number of hydrogen-bond acceptors (Lipinski definition) is 3. The van der Waals surface area contributed by atoms with Gasteiger partial charge in [-0.2, -0.15) is 0 Å². The van der Waals surface area contributed by atoms with Gasteiger partial charge in [-0.1, -0.05) is 18.2 Å². The van der Waals surface area contributed by atoms with E-state index >= 15 is 0 Å². The third-order valence-electron chi connectivity index (χ3n) is 2.94. The minimum absolute atomic E-state index is 0. The van der Waals surface area contributed by atoms with Crippen LogP contribution in [-0.4, -0.2) is 38.0 Å². The summed E-state index contributed by atoms with van der Waals surface area (Å²) in [7, 11) is 1.60. The fourth-order valence-electron chi connectivity index (χ4n) is 1.89. The SMILES string of the molecule is CN=C(NCCNC(C)(C)C)NCc1ccccc1OC(F)(F)F.I. The molecule has 1 aromatic rings. The van der Waals surface area contributed by atoms with Crippen LogP contribution in [0.3, 0.4) is 0 Å². The zero-order valence-electron chi connectivity index (χ0n) is 14.8. The molecule has 9 heteroatoms. The molecule has 0 unspecified atom stereocenters. The largest absolute Gasteiger partial charge is 0.573 e. The highest BCUT2D eigenvalue weighted by atomic mass is 127. The maximum absolute atomic E-state index is 12.4. The lowest BCUT2D eigenvalue weighted by Gasteiger charge is -2.21. The van der Waals surface area contributed by atoms with Crippen molar-refractivity contribution in [1.29, 1.82) is 0 Å². The molecule has 0 aliphatic rings. The molecule has 0 amide bonds. The molecule has 0 saturated heterocycles. The summed E-state index contributed by atoms with van der Waals surface area (Å²) in [4.78, 5) is 4.04. The first-order valence-electron chi connectivity index (χ1n) is 7.64. The van der Waals surface area contributed by atoms with E-state index in [1.54, 1.807) is 19.2 Å². The minimum Gasteiger partial charge on any atom is -0.405 e. The molecule has 0 aromatic heterocycles. The van der Waals surface area contributed by atoms with Gasteiger partial charge in [0, 0.05) is 37.8 Å². The Morgan fingerprint density at radius 1 is 1.08 bits per heavy atom. The average Bonchev–Trinajstić information content (AvgIpc) is 2.45. The molecule has 0 radical (unpaired) electrons. The Morgan fingerprint density at radius 3 is 2.28 bits per heavy atom. The number of halogens is 4. The fourth-order valence-corrected chi connectivity index (χ4v) is 1.89. The predicted octanol–water partition coefficient (Wildman–Crippen LogP) is 3.26. The average molecular weight is 474 g/mol. The van der Waals surface area contributed by atoms with Gasteiger partial charge in [-0.3, -0.25) is 4.99 Å². The number of nitrogens with one attached hydrogen (secondary N) is 3. The van der Waals surface area contributed by atoms with Crippen LogP contribution in [0.25, 0.3) is 0 Å². The van der Waals surface area contributed by atoms with E-state index in [1.165, 1.54) is 12.1 Å². The number of para-hydroxylation sites is 1. The first-order valence-corrected chi connectivity index (χ1v) is 7.64. The van der Waals surface area contributed by atoms with Crippen molar-refractivity contribution in [2.24, 2.45) is 4.99 Å². The first-order chi connectivity index (χ1) is 11.1. The molecular weight excluding hydrogens is 448 g/mol. The first kappa shape index (κ1) is 23.8. The summed E-state index contributed by atoms with van der Waals surface area (Å²) in [6.07, 6.45) is -4.71. The number of aliphatic imine (C=N–C) groups is 1. The van der Waals surface area contributed by atoms with E-state index in [0.717, 1.165) is 6.54 Å². The van der Waals surface area contributed by atoms with Gasteiger partial charge in [0.15, 0.2) is 5.96 Å². The van der Waals surface area contributed by atoms with E-state index < -0.39 is 6.36 Å². The summed E-state index contributed by atoms with van der Waals surface area (Å²) in [6, 6.07) is 6.01. The quantitative estimate of drug-likeness (QED) is 0.257. The Labute approximate surface area is 163 Å². The van der Waals surface area contributed by atoms with Crippen molar-refractivity contribution in [2.75, 3.05) is 20.1 Å². The topological polar surface area (TPSA) is 57.7 Å². The maximum Gasteiger partial charge on any atom is 0.573 e. The molecule has 0 spiro atoms. The molecule has 25 heavy (non-hydrogen) atoms. The summed E-state index contributed by atoms with van der Waals surface area (Å²) in [6.45, 7) is 7.74. The second-order valence-corrected chi connectivity index (χ2v) is 6.18. The van der Waals surface area contributed by atoms with Gasteiger partial charge in [0.05, 0.1) is 0 Å². The molecule has 0 fully saturated rings. The van der Waals surface area contributed by atoms with Crippen molar-refractivity contribution >= 4 is 29.9 Å². The van der Waals surface area contributed by atoms with E-state index in [9.17, 15) is 13.2 Å². The van der Waals surface area contributed by atoms with Gasteiger partial charge in [0.25, 0.3) is 0 Å². The van der Waals surface area contributed by atoms with Crippen LogP contribution in [0.15, 0.2) is 29.3 Å². The van der Waals surface area contributed by atoms with Gasteiger partial charge in [0.2, 0.25) is 0 Å². The Morgan fingerprint density at radius 2 is 1.72 bits per heavy atom. The zero-order chi connectivity index (χ0) is 18.2. The third kappa shape index (κ3) is 11.1. The minimum atomic E-state index is -4.71. The van der Waals surface area contributed by atoms with E-state index in [-0.39, 0.29) is 41.8 Å². The van der Waals surface area contributed by atoms with Crippen molar-refractivity contribution in [3.8, 4) is 5.75 Å². The van der Waals surface area contributed by atoms with Crippen LogP contribution in [0.2, 0.25) is 0 Å². The van der Waals surface area contributed by atoms with Crippen molar-refractivity contribution in [1.82, 2.24) is 16.0 Å². The molecule has 0 atom stereocenters. The number of rotatable bonds is 6. The van der Waals surface area contributed by atoms with Crippen LogP contribution < -0.4 is 20.7 Å². The van der Waals surface area contributed by atoms with Crippen LogP contribution in [0.4, 0.5) is 13.2 Å². The molecule has 1 aromatic carbocycles. The Kier molecular flexibility index (Phi) is 10.2. The molecule has 0 bridgehead atoms. The van der Waals surface area contributed by atoms with E-state index in [2.05, 4.69) is 46.5 Å². The lowest BCUT2D eigenvalue weighted by atomic mass is 10.1. The number of benzene rings is 1. The summed E-state index contributed by atoms with van der Waals surface area (Å²) in [5.41, 5.74) is 0.414. The second kappa shape index (κ2) is 10.7. The van der Waals surface area contributed by atoms with E-state index in [4.69, 9.17) is 0 Å². The maximum atomic E-state index is 12.4. The van der Waals surface area contributed by atoms with Crippen molar-refractivity contribution in [3.63, 3.8) is 0 Å². The number of hydrogen-bond donors (Lipinski definition) is 3. The van der Waals surface area contributed by atoms with Crippen molar-refractivity contribution < 1.29 is 17.9 Å². The molecule has 0 saturated carbocycles. The van der Waals surface area contributed by atoms with Crippen LogP contribution in [-0.2, 0) is 6.54 Å². The molecule has 5 nitrogen and oxygen atoms in total. The number of nitrogens with zero attached hydrogens (tertiary/aromatic N) is 1. The summed E-state index contributed by atoms with van der Waals surface area (Å²) < 4.78 is 41.2. The highest BCUT2D eigenvalue weighted by Crippen LogP contribution is 2.25. The lowest BCUT2D eigenvalue weighted by Crippen LogP contribution is -2.44. The van der Waals surface area contributed by atoms with Crippen LogP contribution in [0.1, 0.15) is 26.3 Å². The number of ether oxygens (including phenoxy) is 1. The molecule has 144 valence electrons. The summed E-state index contributed by atoms with van der Waals surface area (Å²) >= 11 is 0. The lowest BCUT2D eigenvalue weighted by molar-refractivity contribution is -0.274. The van der Waals surface area contributed by atoms with Gasteiger partial charge >= 0.3 is 6.36 Å². The van der Waals surface area contributed by atoms with Crippen molar-refractivity contribution in [3.05, 3.63) is 29.8 Å². The summed E-state index contributed by atoms with van der Waals surface area (Å²) in [5, 5.41) is 9.39. The molecular formula is C16H26F3IN4O. The highest BCUT2D eigenvalue weighted by Gasteiger charge is 2.31. The molecule has 0 heterocycles. The third-order valence-corrected chi connectivity index (χ3v) is 2.94. The highest BCUT2D eigenvalue weighted by molar-refractivity contribution is 14.0. The van der Waals surface area contributed by atoms with Crippen LogP contribution in [0.5, 0.6) is 5.75 Å². The smallest absolute Gasteiger partial charge is 0.405 e. The second-order valence-electron chi connectivity index (χ2n) is 6.18. The van der Waals surface area contributed by atoms with Crippen molar-refractivity contribution in [2.45, 2.75) is 39.2 Å². The molecule has 0 aliphatic carbocycles. The van der Waals surface area contributed by atoms with E-state index in [1.807, 2.05) is 0 Å². The van der Waals surface area contributed by atoms with Crippen LogP contribution in [0, 0.1) is 0 Å². The predicted molar refractivity (Wildman–Crippen MR) is 104 cm³/mol.